The van der Waals surface area contributed by atoms with Gasteiger partial charge in [0.1, 0.15) is 11.5 Å². The molecule has 0 saturated heterocycles. The summed E-state index contributed by atoms with van der Waals surface area (Å²) in [6, 6.07) is 7.67. The first kappa shape index (κ1) is 13.9. The molecule has 20 heavy (non-hydrogen) atoms. The maximum absolute atomic E-state index is 12.8. The molecule has 0 fully saturated rings. The molecule has 2 aromatic rings. The van der Waals surface area contributed by atoms with Crippen LogP contribution in [0.15, 0.2) is 47.0 Å². The van der Waals surface area contributed by atoms with Gasteiger partial charge in [-0.15, -0.1) is 0 Å². The fraction of sp³-hybridized carbons (Fsp3) is 0.0769. The number of hydrogen-bond donors (Lipinski definition) is 0. The Balaban J connectivity index is 2.41. The van der Waals surface area contributed by atoms with Crippen molar-refractivity contribution in [3.8, 4) is 11.3 Å². The van der Waals surface area contributed by atoms with Crippen LogP contribution in [0, 0.1) is 10.1 Å². The average molecular weight is 283 g/mol. The third-order valence-electron chi connectivity index (χ3n) is 2.49. The molecule has 0 spiro atoms. The molecule has 1 heterocycles. The third kappa shape index (κ3) is 3.05. The van der Waals surface area contributed by atoms with Crippen molar-refractivity contribution >= 4 is 6.08 Å². The lowest BCUT2D eigenvalue weighted by Gasteiger charge is -2.10. The second kappa shape index (κ2) is 5.20. The van der Waals surface area contributed by atoms with E-state index in [1.807, 2.05) is 0 Å². The summed E-state index contributed by atoms with van der Waals surface area (Å²) in [7, 11) is 0. The number of nitrogens with zero attached hydrogens (tertiary/aromatic N) is 1. The number of furan rings is 1. The van der Waals surface area contributed by atoms with E-state index in [-0.39, 0.29) is 17.1 Å². The Morgan fingerprint density at radius 1 is 1.15 bits per heavy atom. The van der Waals surface area contributed by atoms with Crippen molar-refractivity contribution in [2.24, 2.45) is 0 Å². The quantitative estimate of drug-likeness (QED) is 0.626. The molecule has 0 saturated carbocycles. The Hall–Kier alpha value is -2.57. The van der Waals surface area contributed by atoms with Gasteiger partial charge < -0.3 is 4.42 Å². The predicted octanol–water partition coefficient (Wildman–Crippen LogP) is 4.21. The summed E-state index contributed by atoms with van der Waals surface area (Å²) in [4.78, 5) is 9.47. The Morgan fingerprint density at radius 2 is 1.85 bits per heavy atom. The normalized spacial score (nSPS) is 11.9. The van der Waals surface area contributed by atoms with Gasteiger partial charge in [-0.3, -0.25) is 10.1 Å². The van der Waals surface area contributed by atoms with Crippen LogP contribution >= 0.6 is 0 Å². The standard InChI is InChI=1S/C13H8F3NO3/c14-13(15,16)11-4-2-1-3-10(11)12-6-5-9(20-12)7-8-17(18)19/h1-8H/b8-7+. The minimum absolute atomic E-state index is 0.000855. The summed E-state index contributed by atoms with van der Waals surface area (Å²) in [5.74, 6) is 0.106. The van der Waals surface area contributed by atoms with E-state index >= 15 is 0 Å². The highest BCUT2D eigenvalue weighted by Crippen LogP contribution is 2.37. The van der Waals surface area contributed by atoms with E-state index in [0.717, 1.165) is 12.1 Å². The number of rotatable bonds is 3. The van der Waals surface area contributed by atoms with E-state index in [2.05, 4.69) is 0 Å². The molecule has 1 aromatic heterocycles. The van der Waals surface area contributed by atoms with Crippen molar-refractivity contribution in [2.45, 2.75) is 6.18 Å². The average Bonchev–Trinajstić information content (AvgIpc) is 2.84. The Morgan fingerprint density at radius 3 is 2.50 bits per heavy atom. The predicted molar refractivity (Wildman–Crippen MR) is 65.2 cm³/mol. The summed E-state index contributed by atoms with van der Waals surface area (Å²) in [6.07, 6.45) is -2.78. The highest BCUT2D eigenvalue weighted by Gasteiger charge is 2.33. The van der Waals surface area contributed by atoms with Crippen molar-refractivity contribution in [2.75, 3.05) is 0 Å². The summed E-state index contributed by atoms with van der Waals surface area (Å²) in [5.41, 5.74) is -0.931. The molecule has 0 radical (unpaired) electrons. The summed E-state index contributed by atoms with van der Waals surface area (Å²) in [6.45, 7) is 0. The number of halogens is 3. The molecule has 7 heteroatoms. The molecule has 0 amide bonds. The van der Waals surface area contributed by atoms with Gasteiger partial charge in [-0.2, -0.15) is 13.2 Å². The molecule has 0 unspecified atom stereocenters. The van der Waals surface area contributed by atoms with Crippen LogP contribution in [0.3, 0.4) is 0 Å². The van der Waals surface area contributed by atoms with Crippen molar-refractivity contribution < 1.29 is 22.5 Å². The van der Waals surface area contributed by atoms with Gasteiger partial charge in [-0.1, -0.05) is 18.2 Å². The third-order valence-corrected chi connectivity index (χ3v) is 2.49. The van der Waals surface area contributed by atoms with Gasteiger partial charge in [-0.25, -0.2) is 0 Å². The first-order chi connectivity index (χ1) is 9.38. The molecular weight excluding hydrogens is 275 g/mol. The van der Waals surface area contributed by atoms with Crippen LogP contribution < -0.4 is 0 Å². The van der Waals surface area contributed by atoms with E-state index in [1.165, 1.54) is 30.3 Å². The Labute approximate surface area is 111 Å². The van der Waals surface area contributed by atoms with Gasteiger partial charge in [0.2, 0.25) is 6.20 Å². The van der Waals surface area contributed by atoms with E-state index in [4.69, 9.17) is 4.42 Å². The number of hydrogen-bond acceptors (Lipinski definition) is 3. The molecular formula is C13H8F3NO3. The second-order valence-corrected chi connectivity index (χ2v) is 3.85. The fourth-order valence-electron chi connectivity index (χ4n) is 1.67. The second-order valence-electron chi connectivity index (χ2n) is 3.85. The first-order valence-corrected chi connectivity index (χ1v) is 5.46. The number of alkyl halides is 3. The molecule has 0 bridgehead atoms. The van der Waals surface area contributed by atoms with E-state index in [9.17, 15) is 23.3 Å². The molecule has 4 nitrogen and oxygen atoms in total. The van der Waals surface area contributed by atoms with Crippen molar-refractivity contribution in [1.29, 1.82) is 0 Å². The lowest BCUT2D eigenvalue weighted by molar-refractivity contribution is -0.401. The van der Waals surface area contributed by atoms with Gasteiger partial charge in [0.15, 0.2) is 0 Å². The van der Waals surface area contributed by atoms with Gasteiger partial charge in [0, 0.05) is 5.56 Å². The molecule has 104 valence electrons. The molecule has 0 aliphatic heterocycles. The van der Waals surface area contributed by atoms with Gasteiger partial charge in [-0.05, 0) is 18.2 Å². The van der Waals surface area contributed by atoms with Gasteiger partial charge in [0.25, 0.3) is 0 Å². The Bertz CT molecular complexity index is 659. The molecule has 0 aliphatic carbocycles. The van der Waals surface area contributed by atoms with Gasteiger partial charge in [0.05, 0.1) is 16.6 Å². The lowest BCUT2D eigenvalue weighted by Crippen LogP contribution is -2.06. The van der Waals surface area contributed by atoms with Crippen LogP contribution in [0.2, 0.25) is 0 Å². The molecule has 1 aromatic carbocycles. The molecule has 0 atom stereocenters. The minimum atomic E-state index is -4.50. The first-order valence-electron chi connectivity index (χ1n) is 5.46. The molecule has 0 N–H and O–H groups in total. The largest absolute Gasteiger partial charge is 0.456 e. The van der Waals surface area contributed by atoms with Crippen LogP contribution in [-0.2, 0) is 6.18 Å². The zero-order valence-corrected chi connectivity index (χ0v) is 9.92. The Kier molecular flexibility index (Phi) is 3.60. The smallest absolute Gasteiger partial charge is 0.417 e. The lowest BCUT2D eigenvalue weighted by atomic mass is 10.1. The van der Waals surface area contributed by atoms with E-state index in [1.54, 1.807) is 0 Å². The van der Waals surface area contributed by atoms with Crippen LogP contribution in [0.25, 0.3) is 17.4 Å². The van der Waals surface area contributed by atoms with Crippen molar-refractivity contribution in [1.82, 2.24) is 0 Å². The highest BCUT2D eigenvalue weighted by atomic mass is 19.4. The minimum Gasteiger partial charge on any atom is -0.456 e. The summed E-state index contributed by atoms with van der Waals surface area (Å²) in [5, 5.41) is 10.2. The van der Waals surface area contributed by atoms with Crippen LogP contribution in [0.1, 0.15) is 11.3 Å². The fourth-order valence-corrected chi connectivity index (χ4v) is 1.67. The molecule has 2 rings (SSSR count). The maximum Gasteiger partial charge on any atom is 0.417 e. The van der Waals surface area contributed by atoms with E-state index < -0.39 is 16.7 Å². The van der Waals surface area contributed by atoms with Crippen LogP contribution in [0.5, 0.6) is 0 Å². The topological polar surface area (TPSA) is 56.3 Å². The molecule has 0 aliphatic rings. The maximum atomic E-state index is 12.8. The zero-order valence-electron chi connectivity index (χ0n) is 9.92. The number of nitro groups is 1. The summed E-state index contributed by atoms with van der Waals surface area (Å²) >= 11 is 0. The monoisotopic (exact) mass is 283 g/mol. The van der Waals surface area contributed by atoms with Gasteiger partial charge >= 0.3 is 6.18 Å². The van der Waals surface area contributed by atoms with E-state index in [0.29, 0.717) is 6.20 Å². The van der Waals surface area contributed by atoms with Crippen molar-refractivity contribution in [3.05, 3.63) is 64.0 Å². The highest BCUT2D eigenvalue weighted by molar-refractivity contribution is 5.64. The number of benzene rings is 1. The summed E-state index contributed by atoms with van der Waals surface area (Å²) < 4.78 is 43.7. The van der Waals surface area contributed by atoms with Crippen LogP contribution in [0.4, 0.5) is 13.2 Å². The zero-order chi connectivity index (χ0) is 14.8. The van der Waals surface area contributed by atoms with Crippen LogP contribution in [-0.4, -0.2) is 4.92 Å². The van der Waals surface area contributed by atoms with Crippen molar-refractivity contribution in [3.63, 3.8) is 0 Å². The SMILES string of the molecule is O=[N+]([O-])/C=C/c1ccc(-c2ccccc2C(F)(F)F)o1.